The number of piperidine rings is 1. The lowest BCUT2D eigenvalue weighted by molar-refractivity contribution is 0.221. The number of nitrogens with one attached hydrogen (secondary N) is 1. The molecule has 1 saturated heterocycles. The second kappa shape index (κ2) is 9.22. The Kier molecular flexibility index (Phi) is 7.25. The highest BCUT2D eigenvalue weighted by atomic mass is 15.1. The maximum absolute atomic E-state index is 3.59. The highest BCUT2D eigenvalue weighted by molar-refractivity contribution is 5.22. The van der Waals surface area contributed by atoms with Gasteiger partial charge in [0.2, 0.25) is 0 Å². The first-order valence-corrected chi connectivity index (χ1v) is 8.82. The van der Waals surface area contributed by atoms with Crippen LogP contribution in [0.5, 0.6) is 0 Å². The van der Waals surface area contributed by atoms with Crippen LogP contribution in [0, 0.1) is 5.92 Å². The summed E-state index contributed by atoms with van der Waals surface area (Å²) in [5.74, 6) is 0.823. The van der Waals surface area contributed by atoms with E-state index >= 15 is 0 Å². The number of rotatable bonds is 8. The maximum Gasteiger partial charge on any atom is 0.0233 e. The van der Waals surface area contributed by atoms with E-state index < -0.39 is 0 Å². The van der Waals surface area contributed by atoms with E-state index in [1.807, 2.05) is 0 Å². The Morgan fingerprint density at radius 3 is 2.19 bits per heavy atom. The summed E-state index contributed by atoms with van der Waals surface area (Å²) in [5, 5.41) is 3.59. The van der Waals surface area contributed by atoms with Crippen LogP contribution in [0.2, 0.25) is 0 Å². The predicted octanol–water partition coefficient (Wildman–Crippen LogP) is 4.20. The third-order valence-corrected chi connectivity index (χ3v) is 4.79. The molecule has 0 radical (unpaired) electrons. The normalized spacial score (nSPS) is 16.5. The lowest BCUT2D eigenvalue weighted by Gasteiger charge is -2.26. The highest BCUT2D eigenvalue weighted by Gasteiger charge is 2.10. The van der Waals surface area contributed by atoms with E-state index in [4.69, 9.17) is 0 Å². The third-order valence-electron chi connectivity index (χ3n) is 4.79. The van der Waals surface area contributed by atoms with Gasteiger partial charge in [0.25, 0.3) is 0 Å². The van der Waals surface area contributed by atoms with Crippen LogP contribution in [0.3, 0.4) is 0 Å². The van der Waals surface area contributed by atoms with E-state index in [1.54, 1.807) is 0 Å². The average molecular weight is 288 g/mol. The fourth-order valence-corrected chi connectivity index (χ4v) is 3.14. The van der Waals surface area contributed by atoms with Crippen LogP contribution < -0.4 is 5.32 Å². The molecule has 2 rings (SSSR count). The van der Waals surface area contributed by atoms with Gasteiger partial charge in [-0.2, -0.15) is 0 Å². The van der Waals surface area contributed by atoms with Crippen LogP contribution in [0.25, 0.3) is 0 Å². The molecule has 1 heterocycles. The first kappa shape index (κ1) is 16.5. The molecule has 21 heavy (non-hydrogen) atoms. The monoisotopic (exact) mass is 288 g/mol. The van der Waals surface area contributed by atoms with Crippen LogP contribution >= 0.6 is 0 Å². The molecule has 1 aromatic rings. The van der Waals surface area contributed by atoms with E-state index in [2.05, 4.69) is 48.3 Å². The van der Waals surface area contributed by atoms with E-state index in [0.717, 1.165) is 25.6 Å². The molecule has 0 amide bonds. The first-order valence-electron chi connectivity index (χ1n) is 8.82. The highest BCUT2D eigenvalue weighted by Crippen LogP contribution is 2.13. The summed E-state index contributed by atoms with van der Waals surface area (Å²) in [7, 11) is 0. The van der Waals surface area contributed by atoms with Gasteiger partial charge < -0.3 is 5.32 Å². The molecule has 2 heteroatoms. The van der Waals surface area contributed by atoms with Crippen LogP contribution in [-0.2, 0) is 13.1 Å². The number of likely N-dealkylation sites (tertiary alicyclic amines) is 1. The zero-order chi connectivity index (χ0) is 14.9. The second-order valence-electron chi connectivity index (χ2n) is 6.47. The minimum absolute atomic E-state index is 0.823. The fourth-order valence-electron chi connectivity index (χ4n) is 3.14. The van der Waals surface area contributed by atoms with Crippen molar-refractivity contribution in [3.8, 4) is 0 Å². The first-order chi connectivity index (χ1) is 10.3. The molecule has 0 bridgehead atoms. The Labute approximate surface area is 130 Å². The molecule has 2 nitrogen and oxygen atoms in total. The van der Waals surface area contributed by atoms with Crippen molar-refractivity contribution < 1.29 is 0 Å². The van der Waals surface area contributed by atoms with Crippen molar-refractivity contribution in [3.05, 3.63) is 35.4 Å². The minimum Gasteiger partial charge on any atom is -0.312 e. The molecule has 0 aromatic heterocycles. The molecular formula is C19H32N2. The molecule has 0 spiro atoms. The maximum atomic E-state index is 3.59. The molecule has 0 atom stereocenters. The van der Waals surface area contributed by atoms with Gasteiger partial charge in [-0.1, -0.05) is 57.4 Å². The standard InChI is InChI=1S/C19H32N2/c1-3-17(4-2)14-20-15-18-8-10-19(11-9-18)16-21-12-6-5-7-13-21/h8-11,17,20H,3-7,12-16H2,1-2H3. The van der Waals surface area contributed by atoms with Crippen LogP contribution in [-0.4, -0.2) is 24.5 Å². The lowest BCUT2D eigenvalue weighted by Crippen LogP contribution is -2.29. The summed E-state index contributed by atoms with van der Waals surface area (Å²) in [6.45, 7) is 10.4. The van der Waals surface area contributed by atoms with Crippen molar-refractivity contribution in [3.63, 3.8) is 0 Å². The van der Waals surface area contributed by atoms with Gasteiger partial charge in [0.15, 0.2) is 0 Å². The van der Waals surface area contributed by atoms with Crippen molar-refractivity contribution in [2.24, 2.45) is 5.92 Å². The van der Waals surface area contributed by atoms with Gasteiger partial charge in [0.05, 0.1) is 0 Å². The number of hydrogen-bond acceptors (Lipinski definition) is 2. The van der Waals surface area contributed by atoms with Crippen LogP contribution in [0.15, 0.2) is 24.3 Å². The Morgan fingerprint density at radius 2 is 1.57 bits per heavy atom. The van der Waals surface area contributed by atoms with Crippen molar-refractivity contribution in [1.29, 1.82) is 0 Å². The van der Waals surface area contributed by atoms with Crippen LogP contribution in [0.4, 0.5) is 0 Å². The summed E-state index contributed by atoms with van der Waals surface area (Å²) < 4.78 is 0. The Hall–Kier alpha value is -0.860. The lowest BCUT2D eigenvalue weighted by atomic mass is 10.0. The van der Waals surface area contributed by atoms with Gasteiger partial charge in [-0.15, -0.1) is 0 Å². The van der Waals surface area contributed by atoms with Crippen molar-refractivity contribution in [2.75, 3.05) is 19.6 Å². The van der Waals surface area contributed by atoms with E-state index in [0.29, 0.717) is 0 Å². The molecule has 0 saturated carbocycles. The van der Waals surface area contributed by atoms with Gasteiger partial charge in [0.1, 0.15) is 0 Å². The predicted molar refractivity (Wildman–Crippen MR) is 91.3 cm³/mol. The quantitative estimate of drug-likeness (QED) is 0.771. The number of nitrogens with zero attached hydrogens (tertiary/aromatic N) is 1. The number of benzene rings is 1. The van der Waals surface area contributed by atoms with E-state index in [9.17, 15) is 0 Å². The molecule has 1 aliphatic rings. The Bertz CT molecular complexity index is 375. The summed E-state index contributed by atoms with van der Waals surface area (Å²) in [6.07, 6.45) is 6.71. The van der Waals surface area contributed by atoms with Crippen molar-refractivity contribution in [1.82, 2.24) is 10.2 Å². The number of hydrogen-bond donors (Lipinski definition) is 1. The largest absolute Gasteiger partial charge is 0.312 e. The summed E-state index contributed by atoms with van der Waals surface area (Å²) in [4.78, 5) is 2.59. The van der Waals surface area contributed by atoms with Gasteiger partial charge in [-0.25, -0.2) is 0 Å². The smallest absolute Gasteiger partial charge is 0.0233 e. The van der Waals surface area contributed by atoms with Crippen LogP contribution in [0.1, 0.15) is 57.1 Å². The van der Waals surface area contributed by atoms with Crippen molar-refractivity contribution >= 4 is 0 Å². The fraction of sp³-hybridized carbons (Fsp3) is 0.684. The van der Waals surface area contributed by atoms with E-state index in [-0.39, 0.29) is 0 Å². The topological polar surface area (TPSA) is 15.3 Å². The van der Waals surface area contributed by atoms with Gasteiger partial charge >= 0.3 is 0 Å². The second-order valence-corrected chi connectivity index (χ2v) is 6.47. The summed E-state index contributed by atoms with van der Waals surface area (Å²) >= 11 is 0. The zero-order valence-electron chi connectivity index (χ0n) is 13.9. The molecule has 0 aliphatic carbocycles. The third kappa shape index (κ3) is 5.80. The van der Waals surface area contributed by atoms with E-state index in [1.165, 1.54) is 56.3 Å². The summed E-state index contributed by atoms with van der Waals surface area (Å²) in [6, 6.07) is 9.20. The summed E-state index contributed by atoms with van der Waals surface area (Å²) in [5.41, 5.74) is 2.86. The molecular weight excluding hydrogens is 256 g/mol. The molecule has 1 fully saturated rings. The van der Waals surface area contributed by atoms with Gasteiger partial charge in [-0.05, 0) is 49.5 Å². The molecule has 0 unspecified atom stereocenters. The van der Waals surface area contributed by atoms with Gasteiger partial charge in [-0.3, -0.25) is 4.90 Å². The average Bonchev–Trinajstić information content (AvgIpc) is 2.54. The Balaban J connectivity index is 1.73. The molecule has 118 valence electrons. The SMILES string of the molecule is CCC(CC)CNCc1ccc(CN2CCCCC2)cc1. The molecule has 1 aliphatic heterocycles. The minimum atomic E-state index is 0.823. The molecule has 1 aromatic carbocycles. The zero-order valence-corrected chi connectivity index (χ0v) is 13.9. The van der Waals surface area contributed by atoms with Crippen molar-refractivity contribution in [2.45, 2.75) is 59.0 Å². The Morgan fingerprint density at radius 1 is 0.952 bits per heavy atom. The molecule has 1 N–H and O–H groups in total. The van der Waals surface area contributed by atoms with Gasteiger partial charge in [0, 0.05) is 13.1 Å².